The molecule has 0 unspecified atom stereocenters. The minimum atomic E-state index is -0.0618. The van der Waals surface area contributed by atoms with E-state index in [0.29, 0.717) is 24.5 Å². The van der Waals surface area contributed by atoms with Crippen LogP contribution in [0.5, 0.6) is 0 Å². The highest BCUT2D eigenvalue weighted by atomic mass is 35.5. The maximum absolute atomic E-state index is 12.2. The summed E-state index contributed by atoms with van der Waals surface area (Å²) in [6, 6.07) is 9.84. The number of hydrogen-bond donors (Lipinski definition) is 1. The fourth-order valence-electron chi connectivity index (χ4n) is 1.71. The molecule has 0 bridgehead atoms. The molecule has 4 nitrogen and oxygen atoms in total. The van der Waals surface area contributed by atoms with Gasteiger partial charge in [0.05, 0.1) is 11.8 Å². The normalized spacial score (nSPS) is 10.3. The van der Waals surface area contributed by atoms with Crippen LogP contribution in [0.25, 0.3) is 0 Å². The van der Waals surface area contributed by atoms with Crippen LogP contribution in [0.1, 0.15) is 15.9 Å². The number of H-pyrrole nitrogens is 1. The van der Waals surface area contributed by atoms with Crippen LogP contribution in [0, 0.1) is 0 Å². The molecule has 0 saturated carbocycles. The summed E-state index contributed by atoms with van der Waals surface area (Å²) in [7, 11) is 0. The standard InChI is InChI=1S/C13H14ClN3O/c14-6-7-17(10-11-4-2-1-3-5-11)13(18)12-8-15-16-9-12/h1-5,8-9H,6-7,10H2,(H,15,16). The minimum absolute atomic E-state index is 0.0618. The number of nitrogens with zero attached hydrogens (tertiary/aromatic N) is 2. The summed E-state index contributed by atoms with van der Waals surface area (Å²) in [5, 5.41) is 6.43. The first-order valence-electron chi connectivity index (χ1n) is 5.69. The molecule has 0 atom stereocenters. The Morgan fingerprint density at radius 2 is 2.11 bits per heavy atom. The van der Waals surface area contributed by atoms with Crippen molar-refractivity contribution in [1.82, 2.24) is 15.1 Å². The number of nitrogens with one attached hydrogen (secondary N) is 1. The number of amides is 1. The zero-order valence-corrected chi connectivity index (χ0v) is 10.6. The van der Waals surface area contributed by atoms with Crippen LogP contribution in [0.2, 0.25) is 0 Å². The van der Waals surface area contributed by atoms with Gasteiger partial charge >= 0.3 is 0 Å². The van der Waals surface area contributed by atoms with Crippen molar-refractivity contribution < 1.29 is 4.79 Å². The van der Waals surface area contributed by atoms with Gasteiger partial charge in [-0.2, -0.15) is 5.10 Å². The van der Waals surface area contributed by atoms with Gasteiger partial charge in [0.1, 0.15) is 0 Å². The van der Waals surface area contributed by atoms with E-state index in [4.69, 9.17) is 11.6 Å². The largest absolute Gasteiger partial charge is 0.333 e. The zero-order valence-electron chi connectivity index (χ0n) is 9.84. The lowest BCUT2D eigenvalue weighted by atomic mass is 10.2. The molecular weight excluding hydrogens is 250 g/mol. The van der Waals surface area contributed by atoms with E-state index in [1.165, 1.54) is 6.20 Å². The second kappa shape index (κ2) is 6.21. The summed E-state index contributed by atoms with van der Waals surface area (Å²) in [5.41, 5.74) is 1.63. The SMILES string of the molecule is O=C(c1cn[nH]c1)N(CCCl)Cc1ccccc1. The van der Waals surface area contributed by atoms with Gasteiger partial charge in [-0.25, -0.2) is 0 Å². The molecular formula is C13H14ClN3O. The second-order valence-electron chi connectivity index (χ2n) is 3.89. The molecule has 18 heavy (non-hydrogen) atoms. The summed E-state index contributed by atoms with van der Waals surface area (Å²) in [6.45, 7) is 1.07. The van der Waals surface area contributed by atoms with Crippen molar-refractivity contribution in [2.75, 3.05) is 12.4 Å². The van der Waals surface area contributed by atoms with Crippen molar-refractivity contribution in [3.05, 3.63) is 53.9 Å². The van der Waals surface area contributed by atoms with Crippen LogP contribution in [-0.2, 0) is 6.54 Å². The third-order valence-corrected chi connectivity index (χ3v) is 2.77. The summed E-state index contributed by atoms with van der Waals surface area (Å²) >= 11 is 5.75. The molecule has 0 aliphatic heterocycles. The van der Waals surface area contributed by atoms with Crippen molar-refractivity contribution in [1.29, 1.82) is 0 Å². The molecule has 2 aromatic rings. The molecule has 0 aliphatic carbocycles. The monoisotopic (exact) mass is 263 g/mol. The molecule has 0 aliphatic rings. The number of carbonyl (C=O) groups excluding carboxylic acids is 1. The molecule has 1 aromatic carbocycles. The van der Waals surface area contributed by atoms with E-state index in [9.17, 15) is 4.79 Å². The van der Waals surface area contributed by atoms with Crippen LogP contribution >= 0.6 is 11.6 Å². The average molecular weight is 264 g/mol. The van der Waals surface area contributed by atoms with E-state index < -0.39 is 0 Å². The summed E-state index contributed by atoms with van der Waals surface area (Å²) in [5.74, 6) is 0.351. The van der Waals surface area contributed by atoms with Crippen molar-refractivity contribution in [3.63, 3.8) is 0 Å². The maximum Gasteiger partial charge on any atom is 0.257 e. The number of rotatable bonds is 5. The molecule has 1 aromatic heterocycles. The molecule has 1 N–H and O–H groups in total. The number of benzene rings is 1. The molecule has 1 amide bonds. The third kappa shape index (κ3) is 3.11. The topological polar surface area (TPSA) is 49.0 Å². The lowest BCUT2D eigenvalue weighted by molar-refractivity contribution is 0.0754. The number of halogens is 1. The Kier molecular flexibility index (Phi) is 4.36. The fraction of sp³-hybridized carbons (Fsp3) is 0.231. The van der Waals surface area contributed by atoms with Gasteiger partial charge in [0.15, 0.2) is 0 Å². The second-order valence-corrected chi connectivity index (χ2v) is 4.27. The summed E-state index contributed by atoms with van der Waals surface area (Å²) in [4.78, 5) is 13.9. The Bertz CT molecular complexity index is 484. The predicted octanol–water partition coefficient (Wildman–Crippen LogP) is 2.29. The van der Waals surface area contributed by atoms with E-state index in [0.717, 1.165) is 5.56 Å². The number of alkyl halides is 1. The first kappa shape index (κ1) is 12.6. The van der Waals surface area contributed by atoms with Crippen molar-refractivity contribution in [2.45, 2.75) is 6.54 Å². The van der Waals surface area contributed by atoms with Gasteiger partial charge in [0.25, 0.3) is 5.91 Å². The highest BCUT2D eigenvalue weighted by molar-refractivity contribution is 6.18. The Hall–Kier alpha value is -1.81. The van der Waals surface area contributed by atoms with E-state index in [1.54, 1.807) is 11.1 Å². The van der Waals surface area contributed by atoms with Gasteiger partial charge in [-0.15, -0.1) is 11.6 Å². The van der Waals surface area contributed by atoms with E-state index in [2.05, 4.69) is 10.2 Å². The molecule has 5 heteroatoms. The first-order chi connectivity index (χ1) is 8.81. The molecule has 0 fully saturated rings. The van der Waals surface area contributed by atoms with Gasteiger partial charge in [-0.3, -0.25) is 9.89 Å². The van der Waals surface area contributed by atoms with E-state index in [-0.39, 0.29) is 5.91 Å². The number of aromatic nitrogens is 2. The molecule has 94 valence electrons. The van der Waals surface area contributed by atoms with E-state index >= 15 is 0 Å². The Morgan fingerprint density at radius 1 is 1.33 bits per heavy atom. The first-order valence-corrected chi connectivity index (χ1v) is 6.22. The third-order valence-electron chi connectivity index (χ3n) is 2.60. The lowest BCUT2D eigenvalue weighted by Gasteiger charge is -2.21. The van der Waals surface area contributed by atoms with Crippen LogP contribution in [0.15, 0.2) is 42.7 Å². The highest BCUT2D eigenvalue weighted by Crippen LogP contribution is 2.09. The number of hydrogen-bond acceptors (Lipinski definition) is 2. The van der Waals surface area contributed by atoms with E-state index in [1.807, 2.05) is 30.3 Å². The smallest absolute Gasteiger partial charge is 0.257 e. The zero-order chi connectivity index (χ0) is 12.8. The predicted molar refractivity (Wildman–Crippen MR) is 70.5 cm³/mol. The van der Waals surface area contributed by atoms with Crippen molar-refractivity contribution in [3.8, 4) is 0 Å². The number of carbonyl (C=O) groups is 1. The quantitative estimate of drug-likeness (QED) is 0.842. The Balaban J connectivity index is 2.11. The van der Waals surface area contributed by atoms with Crippen LogP contribution in [-0.4, -0.2) is 33.4 Å². The molecule has 0 spiro atoms. The Labute approximate surface area is 111 Å². The minimum Gasteiger partial charge on any atom is -0.333 e. The molecule has 0 saturated heterocycles. The van der Waals surface area contributed by atoms with Crippen LogP contribution in [0.3, 0.4) is 0 Å². The maximum atomic E-state index is 12.2. The van der Waals surface area contributed by atoms with Crippen molar-refractivity contribution in [2.24, 2.45) is 0 Å². The highest BCUT2D eigenvalue weighted by Gasteiger charge is 2.16. The average Bonchev–Trinajstić information content (AvgIpc) is 2.92. The van der Waals surface area contributed by atoms with Gasteiger partial charge in [0, 0.05) is 25.2 Å². The fourth-order valence-corrected chi connectivity index (χ4v) is 1.91. The molecule has 0 radical (unpaired) electrons. The van der Waals surface area contributed by atoms with Gasteiger partial charge in [0.2, 0.25) is 0 Å². The molecule has 1 heterocycles. The number of aromatic amines is 1. The molecule has 2 rings (SSSR count). The van der Waals surface area contributed by atoms with Crippen LogP contribution in [0.4, 0.5) is 0 Å². The van der Waals surface area contributed by atoms with Gasteiger partial charge in [-0.05, 0) is 5.56 Å². The summed E-state index contributed by atoms with van der Waals surface area (Å²) < 4.78 is 0. The summed E-state index contributed by atoms with van der Waals surface area (Å²) in [6.07, 6.45) is 3.11. The van der Waals surface area contributed by atoms with Gasteiger partial charge < -0.3 is 4.90 Å². The lowest BCUT2D eigenvalue weighted by Crippen LogP contribution is -2.32. The van der Waals surface area contributed by atoms with Crippen LogP contribution < -0.4 is 0 Å². The Morgan fingerprint density at radius 3 is 2.72 bits per heavy atom. The van der Waals surface area contributed by atoms with Gasteiger partial charge in [-0.1, -0.05) is 30.3 Å². The van der Waals surface area contributed by atoms with Crippen molar-refractivity contribution >= 4 is 17.5 Å².